The molecule has 0 aliphatic carbocycles. The van der Waals surface area contributed by atoms with E-state index in [2.05, 4.69) is 6.58 Å². The van der Waals surface area contributed by atoms with E-state index in [1.807, 2.05) is 0 Å². The maximum atomic E-state index is 12.7. The van der Waals surface area contributed by atoms with Gasteiger partial charge in [-0.1, -0.05) is 6.08 Å². The van der Waals surface area contributed by atoms with E-state index in [4.69, 9.17) is 5.11 Å². The first-order valence-corrected chi connectivity index (χ1v) is 7.40. The maximum absolute atomic E-state index is 12.7. The molecule has 0 radical (unpaired) electrons. The zero-order valence-corrected chi connectivity index (χ0v) is 11.6. The van der Waals surface area contributed by atoms with Crippen molar-refractivity contribution in [3.63, 3.8) is 0 Å². The molecule has 1 heterocycles. The molecule has 0 saturated heterocycles. The molecule has 1 aromatic rings. The van der Waals surface area contributed by atoms with Crippen LogP contribution in [0.2, 0.25) is 0 Å². The van der Waals surface area contributed by atoms with Gasteiger partial charge in [0.05, 0.1) is 0 Å². The van der Waals surface area contributed by atoms with Crippen molar-refractivity contribution < 1.29 is 31.5 Å². The Hall–Kier alpha value is -1.39. The Morgan fingerprint density at radius 2 is 2.10 bits per heavy atom. The Morgan fingerprint density at radius 1 is 1.50 bits per heavy atom. The highest BCUT2D eigenvalue weighted by Gasteiger charge is 2.40. The van der Waals surface area contributed by atoms with Crippen LogP contribution in [0.25, 0.3) is 0 Å². The number of carboxylic acid groups (broad SMARTS) is 1. The summed E-state index contributed by atoms with van der Waals surface area (Å²) in [5, 5.41) is 9.63. The molecule has 0 saturated carbocycles. The van der Waals surface area contributed by atoms with Crippen molar-refractivity contribution in [2.75, 3.05) is 13.1 Å². The van der Waals surface area contributed by atoms with Crippen LogP contribution < -0.4 is 0 Å². The van der Waals surface area contributed by atoms with E-state index < -0.39 is 45.0 Å². The van der Waals surface area contributed by atoms with Crippen molar-refractivity contribution in [2.24, 2.45) is 0 Å². The van der Waals surface area contributed by atoms with E-state index in [0.717, 1.165) is 17.5 Å². The normalized spacial score (nSPS) is 12.6. The molecule has 5 nitrogen and oxygen atoms in total. The number of alkyl halides is 3. The van der Waals surface area contributed by atoms with Crippen LogP contribution in [0.5, 0.6) is 0 Å². The van der Waals surface area contributed by atoms with E-state index in [1.165, 1.54) is 0 Å². The third-order valence-corrected chi connectivity index (χ3v) is 5.09. The lowest BCUT2D eigenvalue weighted by molar-refractivity contribution is -0.137. The van der Waals surface area contributed by atoms with E-state index in [0.29, 0.717) is 4.31 Å². The van der Waals surface area contributed by atoms with E-state index in [9.17, 15) is 26.4 Å². The Labute approximate surface area is 117 Å². The van der Waals surface area contributed by atoms with Gasteiger partial charge in [-0.25, -0.2) is 8.42 Å². The molecule has 1 rings (SSSR count). The maximum Gasteiger partial charge on any atom is 0.426 e. The number of carbonyl (C=O) groups is 1. The fourth-order valence-electron chi connectivity index (χ4n) is 1.39. The third kappa shape index (κ3) is 3.58. The van der Waals surface area contributed by atoms with Crippen LogP contribution in [0.15, 0.2) is 29.0 Å². The molecule has 0 fully saturated rings. The van der Waals surface area contributed by atoms with Gasteiger partial charge in [0.25, 0.3) is 0 Å². The molecule has 0 aliphatic rings. The number of hydrogen-bond donors (Lipinski definition) is 1. The summed E-state index contributed by atoms with van der Waals surface area (Å²) >= 11 is 0.234. The van der Waals surface area contributed by atoms with Gasteiger partial charge < -0.3 is 5.11 Å². The second-order valence-electron chi connectivity index (χ2n) is 3.59. The quantitative estimate of drug-likeness (QED) is 0.810. The van der Waals surface area contributed by atoms with Crippen LogP contribution in [0.3, 0.4) is 0 Å². The molecule has 112 valence electrons. The van der Waals surface area contributed by atoms with Crippen LogP contribution in [0.1, 0.15) is 4.88 Å². The van der Waals surface area contributed by atoms with Crippen LogP contribution >= 0.6 is 11.3 Å². The zero-order valence-electron chi connectivity index (χ0n) is 9.92. The van der Waals surface area contributed by atoms with Gasteiger partial charge in [-0.15, -0.1) is 17.9 Å². The van der Waals surface area contributed by atoms with E-state index >= 15 is 0 Å². The first-order valence-electron chi connectivity index (χ1n) is 5.08. The second kappa shape index (κ2) is 5.94. The number of rotatable bonds is 6. The fourth-order valence-corrected chi connectivity index (χ4v) is 4.04. The summed E-state index contributed by atoms with van der Waals surface area (Å²) in [5.41, 5.74) is 0. The first-order chi connectivity index (χ1) is 9.10. The number of thiophene rings is 1. The van der Waals surface area contributed by atoms with Gasteiger partial charge in [-0.3, -0.25) is 4.79 Å². The van der Waals surface area contributed by atoms with Gasteiger partial charge in [0.1, 0.15) is 16.3 Å². The average molecular weight is 329 g/mol. The molecule has 0 amide bonds. The highest BCUT2D eigenvalue weighted by Crippen LogP contribution is 2.39. The predicted octanol–water partition coefficient (Wildman–Crippen LogP) is 2.03. The van der Waals surface area contributed by atoms with Crippen molar-refractivity contribution in [1.82, 2.24) is 4.31 Å². The molecule has 0 spiro atoms. The standard InChI is InChI=1S/C10H10F3NO4S2/c1-2-4-14(6-8(15)16)20(17,18)7-3-5-19-9(7)10(11,12)13/h2-3,5H,1,4,6H2,(H,15,16). The monoisotopic (exact) mass is 329 g/mol. The van der Waals surface area contributed by atoms with E-state index in [1.54, 1.807) is 0 Å². The summed E-state index contributed by atoms with van der Waals surface area (Å²) in [6.45, 7) is 1.91. The number of halogens is 3. The summed E-state index contributed by atoms with van der Waals surface area (Å²) in [4.78, 5) is 8.40. The minimum absolute atomic E-state index is 0.234. The van der Waals surface area contributed by atoms with Gasteiger partial charge >= 0.3 is 12.1 Å². The lowest BCUT2D eigenvalue weighted by Gasteiger charge is -2.19. The topological polar surface area (TPSA) is 74.7 Å². The van der Waals surface area contributed by atoms with Crippen molar-refractivity contribution in [3.05, 3.63) is 29.0 Å². The number of aliphatic carboxylic acids is 1. The average Bonchev–Trinajstić information content (AvgIpc) is 2.76. The molecule has 0 atom stereocenters. The van der Waals surface area contributed by atoms with Crippen molar-refractivity contribution in [1.29, 1.82) is 0 Å². The number of hydrogen-bond acceptors (Lipinski definition) is 4. The molecule has 0 bridgehead atoms. The van der Waals surface area contributed by atoms with Crippen molar-refractivity contribution in [3.8, 4) is 0 Å². The SMILES string of the molecule is C=CCN(CC(=O)O)S(=O)(=O)c1ccsc1C(F)(F)F. The Balaban J connectivity index is 3.30. The molecule has 0 aliphatic heterocycles. The summed E-state index contributed by atoms with van der Waals surface area (Å²) in [6.07, 6.45) is -3.72. The minimum atomic E-state index is -4.82. The van der Waals surface area contributed by atoms with Gasteiger partial charge in [-0.2, -0.15) is 17.5 Å². The van der Waals surface area contributed by atoms with Gasteiger partial charge in [-0.05, 0) is 11.4 Å². The molecule has 1 N–H and O–H groups in total. The summed E-state index contributed by atoms with van der Waals surface area (Å²) in [6, 6.07) is 0.806. The van der Waals surface area contributed by atoms with Crippen LogP contribution in [-0.2, 0) is 21.0 Å². The Morgan fingerprint density at radius 3 is 2.55 bits per heavy atom. The summed E-state index contributed by atoms with van der Waals surface area (Å²) < 4.78 is 62.8. The van der Waals surface area contributed by atoms with Crippen molar-refractivity contribution in [2.45, 2.75) is 11.1 Å². The van der Waals surface area contributed by atoms with Crippen LogP contribution in [-0.4, -0.2) is 36.9 Å². The summed E-state index contributed by atoms with van der Waals surface area (Å²) in [7, 11) is -4.56. The number of sulfonamides is 1. The van der Waals surface area contributed by atoms with Crippen molar-refractivity contribution >= 4 is 27.3 Å². The molecule has 0 unspecified atom stereocenters. The molecule has 0 aromatic carbocycles. The highest BCUT2D eigenvalue weighted by molar-refractivity contribution is 7.89. The molecular formula is C10H10F3NO4S2. The lowest BCUT2D eigenvalue weighted by atomic mass is 10.5. The second-order valence-corrected chi connectivity index (χ2v) is 6.41. The van der Waals surface area contributed by atoms with E-state index in [-0.39, 0.29) is 11.3 Å². The summed E-state index contributed by atoms with van der Waals surface area (Å²) in [5.74, 6) is -1.47. The minimum Gasteiger partial charge on any atom is -0.480 e. The molecule has 10 heteroatoms. The third-order valence-electron chi connectivity index (χ3n) is 2.15. The highest BCUT2D eigenvalue weighted by atomic mass is 32.2. The van der Waals surface area contributed by atoms with Gasteiger partial charge in [0, 0.05) is 6.54 Å². The smallest absolute Gasteiger partial charge is 0.426 e. The van der Waals surface area contributed by atoms with Gasteiger partial charge in [0.2, 0.25) is 10.0 Å². The number of nitrogens with zero attached hydrogens (tertiary/aromatic N) is 1. The van der Waals surface area contributed by atoms with Crippen LogP contribution in [0, 0.1) is 0 Å². The van der Waals surface area contributed by atoms with Gasteiger partial charge in [0.15, 0.2) is 0 Å². The molecule has 1 aromatic heterocycles. The molecular weight excluding hydrogens is 319 g/mol. The Kier molecular flexibility index (Phi) is 4.95. The fraction of sp³-hybridized carbons (Fsp3) is 0.300. The zero-order chi connectivity index (χ0) is 15.6. The first kappa shape index (κ1) is 16.7. The lowest BCUT2D eigenvalue weighted by Crippen LogP contribution is -2.36. The Bertz CT molecular complexity index is 606. The largest absolute Gasteiger partial charge is 0.480 e. The van der Waals surface area contributed by atoms with Crippen LogP contribution in [0.4, 0.5) is 13.2 Å². The predicted molar refractivity (Wildman–Crippen MR) is 65.9 cm³/mol. The number of carboxylic acids is 1. The molecule has 20 heavy (non-hydrogen) atoms.